The molecule has 0 saturated carbocycles. The van der Waals surface area contributed by atoms with Gasteiger partial charge in [-0.15, -0.1) is 0 Å². The molecule has 0 bridgehead atoms. The van der Waals surface area contributed by atoms with Crippen molar-refractivity contribution in [2.45, 2.75) is 25.7 Å². The van der Waals surface area contributed by atoms with E-state index in [2.05, 4.69) is 27.0 Å². The molecule has 0 unspecified atom stereocenters. The van der Waals surface area contributed by atoms with Crippen LogP contribution < -0.4 is 5.73 Å². The number of benzene rings is 1. The van der Waals surface area contributed by atoms with Crippen LogP contribution in [0.5, 0.6) is 0 Å². The molecule has 0 saturated heterocycles. The second-order valence-corrected chi connectivity index (χ2v) is 6.03. The van der Waals surface area contributed by atoms with Crippen LogP contribution in [0.15, 0.2) is 22.7 Å². The number of halogens is 2. The van der Waals surface area contributed by atoms with Crippen LogP contribution in [-0.2, 0) is 12.8 Å². The van der Waals surface area contributed by atoms with Gasteiger partial charge in [-0.3, -0.25) is 0 Å². The minimum atomic E-state index is -0.362. The SMILES string of the molecule is N#Cc1c(N)nc2c(c1-c1ccc(Br)cc1F)CCCC2. The molecule has 1 aliphatic rings. The second kappa shape index (κ2) is 5.45. The Morgan fingerprint density at radius 2 is 2.05 bits per heavy atom. The van der Waals surface area contributed by atoms with Crippen molar-refractivity contribution in [2.24, 2.45) is 0 Å². The maximum absolute atomic E-state index is 14.4. The van der Waals surface area contributed by atoms with Gasteiger partial charge in [-0.1, -0.05) is 22.0 Å². The third-order valence-corrected chi connectivity index (χ3v) is 4.31. The number of rotatable bonds is 1. The van der Waals surface area contributed by atoms with Crippen LogP contribution in [0.2, 0.25) is 0 Å². The lowest BCUT2D eigenvalue weighted by Gasteiger charge is -2.21. The Morgan fingerprint density at radius 1 is 1.29 bits per heavy atom. The number of nitrogens with zero attached hydrogens (tertiary/aromatic N) is 2. The first-order valence-electron chi connectivity index (χ1n) is 6.78. The summed E-state index contributed by atoms with van der Waals surface area (Å²) in [5.41, 5.74) is 9.08. The van der Waals surface area contributed by atoms with E-state index in [-0.39, 0.29) is 17.2 Å². The van der Waals surface area contributed by atoms with E-state index in [0.29, 0.717) is 15.6 Å². The standard InChI is InChI=1S/C16H13BrFN3/c17-9-5-6-10(13(18)7-9)15-11-3-1-2-4-14(11)21-16(20)12(15)8-19/h5-7H,1-4H2,(H2,20,21). The van der Waals surface area contributed by atoms with Crippen LogP contribution in [0.3, 0.4) is 0 Å². The van der Waals surface area contributed by atoms with Crippen molar-refractivity contribution in [3.05, 3.63) is 45.3 Å². The van der Waals surface area contributed by atoms with E-state index < -0.39 is 0 Å². The highest BCUT2D eigenvalue weighted by Crippen LogP contribution is 2.37. The van der Waals surface area contributed by atoms with Gasteiger partial charge in [0.25, 0.3) is 0 Å². The highest BCUT2D eigenvalue weighted by Gasteiger charge is 2.23. The minimum Gasteiger partial charge on any atom is -0.383 e. The van der Waals surface area contributed by atoms with Gasteiger partial charge < -0.3 is 5.73 Å². The Bertz CT molecular complexity index is 765. The Labute approximate surface area is 130 Å². The van der Waals surface area contributed by atoms with E-state index in [1.807, 2.05) is 0 Å². The van der Waals surface area contributed by atoms with Crippen LogP contribution in [0.1, 0.15) is 29.7 Å². The molecule has 0 spiro atoms. The third-order valence-electron chi connectivity index (χ3n) is 3.81. The van der Waals surface area contributed by atoms with Crippen LogP contribution in [0.4, 0.5) is 10.2 Å². The fourth-order valence-corrected chi connectivity index (χ4v) is 3.20. The lowest BCUT2D eigenvalue weighted by molar-refractivity contribution is 0.628. The second-order valence-electron chi connectivity index (χ2n) is 5.12. The summed E-state index contributed by atoms with van der Waals surface area (Å²) in [6.07, 6.45) is 3.71. The van der Waals surface area contributed by atoms with Crippen molar-refractivity contribution in [3.63, 3.8) is 0 Å². The molecular formula is C16H13BrFN3. The fourth-order valence-electron chi connectivity index (χ4n) is 2.86. The highest BCUT2D eigenvalue weighted by molar-refractivity contribution is 9.10. The van der Waals surface area contributed by atoms with Crippen molar-refractivity contribution < 1.29 is 4.39 Å². The zero-order chi connectivity index (χ0) is 15.0. The van der Waals surface area contributed by atoms with Crippen molar-refractivity contribution >= 4 is 21.7 Å². The van der Waals surface area contributed by atoms with Crippen LogP contribution in [0.25, 0.3) is 11.1 Å². The summed E-state index contributed by atoms with van der Waals surface area (Å²) in [5, 5.41) is 9.41. The summed E-state index contributed by atoms with van der Waals surface area (Å²) in [5.74, 6) is -0.172. The number of hydrogen-bond donors (Lipinski definition) is 1. The van der Waals surface area contributed by atoms with E-state index in [1.54, 1.807) is 12.1 Å². The molecule has 21 heavy (non-hydrogen) atoms. The molecule has 5 heteroatoms. The molecule has 2 N–H and O–H groups in total. The van der Waals surface area contributed by atoms with Gasteiger partial charge in [0.15, 0.2) is 0 Å². The molecule has 1 aromatic carbocycles. The number of anilines is 1. The van der Waals surface area contributed by atoms with Gasteiger partial charge in [0, 0.05) is 21.3 Å². The summed E-state index contributed by atoms with van der Waals surface area (Å²) in [4.78, 5) is 4.34. The largest absolute Gasteiger partial charge is 0.383 e. The molecule has 0 amide bonds. The zero-order valence-corrected chi connectivity index (χ0v) is 12.9. The summed E-state index contributed by atoms with van der Waals surface area (Å²) in [6, 6.07) is 6.95. The number of aromatic nitrogens is 1. The Kier molecular flexibility index (Phi) is 3.64. The summed E-state index contributed by atoms with van der Waals surface area (Å²) in [6.45, 7) is 0. The fraction of sp³-hybridized carbons (Fsp3) is 0.250. The number of hydrogen-bond acceptors (Lipinski definition) is 3. The van der Waals surface area contributed by atoms with Gasteiger partial charge in [-0.2, -0.15) is 5.26 Å². The smallest absolute Gasteiger partial charge is 0.142 e. The van der Waals surface area contributed by atoms with Crippen LogP contribution >= 0.6 is 15.9 Å². The van der Waals surface area contributed by atoms with E-state index in [4.69, 9.17) is 5.73 Å². The van der Waals surface area contributed by atoms with Gasteiger partial charge in [-0.25, -0.2) is 9.37 Å². The highest BCUT2D eigenvalue weighted by atomic mass is 79.9. The van der Waals surface area contributed by atoms with Crippen molar-refractivity contribution in [3.8, 4) is 17.2 Å². The molecule has 106 valence electrons. The predicted molar refractivity (Wildman–Crippen MR) is 83.1 cm³/mol. The number of aryl methyl sites for hydroxylation is 1. The molecule has 0 radical (unpaired) electrons. The van der Waals surface area contributed by atoms with Gasteiger partial charge in [0.1, 0.15) is 23.3 Å². The zero-order valence-electron chi connectivity index (χ0n) is 11.3. The van der Waals surface area contributed by atoms with Gasteiger partial charge in [-0.05, 0) is 43.4 Å². The maximum Gasteiger partial charge on any atom is 0.142 e. The first-order valence-corrected chi connectivity index (χ1v) is 7.58. The summed E-state index contributed by atoms with van der Waals surface area (Å²) >= 11 is 3.25. The normalized spacial score (nSPS) is 13.6. The number of fused-ring (bicyclic) bond motifs is 1. The Balaban J connectivity index is 2.34. The Hall–Kier alpha value is -1.93. The molecule has 0 fully saturated rings. The number of nitriles is 1. The van der Waals surface area contributed by atoms with Gasteiger partial charge in [0.05, 0.1) is 0 Å². The quantitative estimate of drug-likeness (QED) is 0.849. The van der Waals surface area contributed by atoms with Gasteiger partial charge >= 0.3 is 0 Å². The molecule has 1 aliphatic carbocycles. The molecule has 0 atom stereocenters. The number of pyridine rings is 1. The molecule has 0 aliphatic heterocycles. The topological polar surface area (TPSA) is 62.7 Å². The van der Waals surface area contributed by atoms with Crippen molar-refractivity contribution in [1.82, 2.24) is 4.98 Å². The predicted octanol–water partition coefficient (Wildman–Crippen LogP) is 3.98. The van der Waals surface area contributed by atoms with E-state index in [1.165, 1.54) is 6.07 Å². The van der Waals surface area contributed by atoms with Crippen molar-refractivity contribution in [2.75, 3.05) is 5.73 Å². The number of nitrogen functional groups attached to an aromatic ring is 1. The van der Waals surface area contributed by atoms with Gasteiger partial charge in [0.2, 0.25) is 0 Å². The van der Waals surface area contributed by atoms with E-state index in [0.717, 1.165) is 36.9 Å². The Morgan fingerprint density at radius 3 is 2.76 bits per heavy atom. The molecule has 3 nitrogen and oxygen atoms in total. The maximum atomic E-state index is 14.4. The molecule has 2 aromatic rings. The molecule has 1 aromatic heterocycles. The first-order chi connectivity index (χ1) is 10.1. The lowest BCUT2D eigenvalue weighted by atomic mass is 9.86. The van der Waals surface area contributed by atoms with E-state index >= 15 is 0 Å². The summed E-state index contributed by atoms with van der Waals surface area (Å²) < 4.78 is 15.0. The third kappa shape index (κ3) is 2.40. The molecule has 3 rings (SSSR count). The summed E-state index contributed by atoms with van der Waals surface area (Å²) in [7, 11) is 0. The van der Waals surface area contributed by atoms with Crippen LogP contribution in [0, 0.1) is 17.1 Å². The van der Waals surface area contributed by atoms with E-state index in [9.17, 15) is 9.65 Å². The monoisotopic (exact) mass is 345 g/mol. The lowest BCUT2D eigenvalue weighted by Crippen LogP contribution is -2.12. The minimum absolute atomic E-state index is 0.190. The average Bonchev–Trinajstić information content (AvgIpc) is 2.46. The first kappa shape index (κ1) is 14.0. The average molecular weight is 346 g/mol. The molecular weight excluding hydrogens is 333 g/mol. The number of nitrogens with two attached hydrogens (primary N) is 1. The van der Waals surface area contributed by atoms with Crippen molar-refractivity contribution in [1.29, 1.82) is 5.26 Å². The van der Waals surface area contributed by atoms with Crippen LogP contribution in [-0.4, -0.2) is 4.98 Å². The molecule has 1 heterocycles.